The highest BCUT2D eigenvalue weighted by molar-refractivity contribution is 5.66. The predicted molar refractivity (Wildman–Crippen MR) is 122 cm³/mol. The lowest BCUT2D eigenvalue weighted by Crippen LogP contribution is -2.32. The number of carboxylic acids is 1. The highest BCUT2D eigenvalue weighted by Crippen LogP contribution is 2.14. The summed E-state index contributed by atoms with van der Waals surface area (Å²) in [5.41, 5.74) is 0. The van der Waals surface area contributed by atoms with Gasteiger partial charge in [-0.2, -0.15) is 0 Å². The maximum atomic E-state index is 10.4. The summed E-state index contributed by atoms with van der Waals surface area (Å²) in [6.45, 7) is 1.16. The van der Waals surface area contributed by atoms with Gasteiger partial charge in [0, 0.05) is 25.0 Å². The Morgan fingerprint density at radius 3 is 1.24 bits per heavy atom. The first kappa shape index (κ1) is 25.7. The lowest BCUT2D eigenvalue weighted by molar-refractivity contribution is -0.697. The molecule has 0 aliphatic rings. The van der Waals surface area contributed by atoms with Crippen molar-refractivity contribution in [3.05, 3.63) is 30.6 Å². The lowest BCUT2D eigenvalue weighted by atomic mass is 10.0. The average Bonchev–Trinajstić information content (AvgIpc) is 2.73. The van der Waals surface area contributed by atoms with E-state index in [0.29, 0.717) is 6.42 Å². The third kappa shape index (κ3) is 18.4. The minimum Gasteiger partial charge on any atom is -0.481 e. The van der Waals surface area contributed by atoms with Crippen LogP contribution in [0.2, 0.25) is 0 Å². The van der Waals surface area contributed by atoms with Crippen LogP contribution in [0.25, 0.3) is 0 Å². The van der Waals surface area contributed by atoms with Crippen molar-refractivity contribution in [3.63, 3.8) is 0 Å². The van der Waals surface area contributed by atoms with Crippen molar-refractivity contribution in [2.75, 3.05) is 0 Å². The molecule has 0 aliphatic heterocycles. The minimum absolute atomic E-state index is 0.341. The summed E-state index contributed by atoms with van der Waals surface area (Å²) in [6.07, 6.45) is 28.6. The summed E-state index contributed by atoms with van der Waals surface area (Å²) in [5.74, 6) is -0.654. The van der Waals surface area contributed by atoms with Crippen LogP contribution in [0.5, 0.6) is 0 Å². The molecule has 1 heterocycles. The summed E-state index contributed by atoms with van der Waals surface area (Å²) < 4.78 is 2.28. The fourth-order valence-electron chi connectivity index (χ4n) is 3.98. The van der Waals surface area contributed by atoms with Crippen LogP contribution in [0.15, 0.2) is 30.6 Å². The van der Waals surface area contributed by atoms with E-state index in [0.717, 1.165) is 19.4 Å². The minimum atomic E-state index is -0.654. The number of hydrogen-bond donors (Lipinski definition) is 1. The topological polar surface area (TPSA) is 41.2 Å². The van der Waals surface area contributed by atoms with Gasteiger partial charge in [-0.1, -0.05) is 102 Å². The number of unbranched alkanes of at least 4 members (excludes halogenated alkanes) is 17. The summed E-state index contributed by atoms with van der Waals surface area (Å²) >= 11 is 0. The summed E-state index contributed by atoms with van der Waals surface area (Å²) in [5, 5.41) is 8.59. The SMILES string of the molecule is O=C(O)CCCCCCCCCCCCCCCCCCCC[n+]1ccccc1. The highest BCUT2D eigenvalue weighted by Gasteiger charge is 1.99. The number of aromatic nitrogens is 1. The molecule has 0 aromatic carbocycles. The van der Waals surface area contributed by atoms with Gasteiger partial charge in [0.05, 0.1) is 0 Å². The fraction of sp³-hybridized carbons (Fsp3) is 0.769. The molecule has 0 atom stereocenters. The zero-order chi connectivity index (χ0) is 20.8. The molecule has 1 aromatic heterocycles. The van der Waals surface area contributed by atoms with Crippen molar-refractivity contribution >= 4 is 5.97 Å². The van der Waals surface area contributed by atoms with Crippen molar-refractivity contribution in [1.82, 2.24) is 0 Å². The van der Waals surface area contributed by atoms with Crippen LogP contribution in [-0.2, 0) is 11.3 Å². The number of pyridine rings is 1. The van der Waals surface area contributed by atoms with E-state index in [2.05, 4.69) is 35.2 Å². The van der Waals surface area contributed by atoms with E-state index in [9.17, 15) is 4.79 Å². The Morgan fingerprint density at radius 1 is 0.517 bits per heavy atom. The van der Waals surface area contributed by atoms with E-state index in [-0.39, 0.29) is 0 Å². The van der Waals surface area contributed by atoms with E-state index in [1.807, 2.05) is 0 Å². The molecule has 0 spiro atoms. The van der Waals surface area contributed by atoms with Crippen molar-refractivity contribution in [3.8, 4) is 0 Å². The van der Waals surface area contributed by atoms with Crippen LogP contribution in [0.1, 0.15) is 122 Å². The smallest absolute Gasteiger partial charge is 0.303 e. The van der Waals surface area contributed by atoms with Crippen molar-refractivity contribution in [2.24, 2.45) is 0 Å². The number of carbonyl (C=O) groups is 1. The third-order valence-electron chi connectivity index (χ3n) is 5.83. The molecular formula is C26H46NO2+. The van der Waals surface area contributed by atoms with E-state index >= 15 is 0 Å². The molecule has 0 amide bonds. The largest absolute Gasteiger partial charge is 0.481 e. The molecule has 0 bridgehead atoms. The Labute approximate surface area is 179 Å². The van der Waals surface area contributed by atoms with Crippen LogP contribution in [0.4, 0.5) is 0 Å². The van der Waals surface area contributed by atoms with Crippen molar-refractivity contribution < 1.29 is 14.5 Å². The van der Waals surface area contributed by atoms with Crippen molar-refractivity contribution in [2.45, 2.75) is 129 Å². The van der Waals surface area contributed by atoms with E-state index in [4.69, 9.17) is 5.11 Å². The molecular weight excluding hydrogens is 358 g/mol. The van der Waals surface area contributed by atoms with Crippen molar-refractivity contribution in [1.29, 1.82) is 0 Å². The molecule has 0 unspecified atom stereocenters. The molecule has 166 valence electrons. The van der Waals surface area contributed by atoms with Gasteiger partial charge in [-0.3, -0.25) is 4.79 Å². The van der Waals surface area contributed by atoms with E-state index < -0.39 is 5.97 Å². The van der Waals surface area contributed by atoms with Gasteiger partial charge in [0.25, 0.3) is 0 Å². The Kier molecular flexibility index (Phi) is 17.6. The first-order valence-corrected chi connectivity index (χ1v) is 12.4. The number of hydrogen-bond acceptors (Lipinski definition) is 1. The normalized spacial score (nSPS) is 11.0. The number of nitrogens with zero attached hydrogens (tertiary/aromatic N) is 1. The second-order valence-corrected chi connectivity index (χ2v) is 8.62. The van der Waals surface area contributed by atoms with Crippen LogP contribution in [0.3, 0.4) is 0 Å². The Balaban J connectivity index is 1.67. The molecule has 1 N–H and O–H groups in total. The van der Waals surface area contributed by atoms with Gasteiger partial charge in [0.15, 0.2) is 12.4 Å². The second kappa shape index (κ2) is 19.9. The van der Waals surface area contributed by atoms with Gasteiger partial charge in [0.1, 0.15) is 6.54 Å². The summed E-state index contributed by atoms with van der Waals surface area (Å²) in [4.78, 5) is 10.4. The van der Waals surface area contributed by atoms with Gasteiger partial charge < -0.3 is 5.11 Å². The predicted octanol–water partition coefficient (Wildman–Crippen LogP) is 7.47. The fourth-order valence-corrected chi connectivity index (χ4v) is 3.98. The van der Waals surface area contributed by atoms with E-state index in [1.54, 1.807) is 0 Å². The molecule has 0 fully saturated rings. The molecule has 3 nitrogen and oxygen atoms in total. The number of aryl methyl sites for hydroxylation is 1. The maximum absolute atomic E-state index is 10.4. The first-order chi connectivity index (χ1) is 14.3. The number of aliphatic carboxylic acids is 1. The molecule has 3 heteroatoms. The highest BCUT2D eigenvalue weighted by atomic mass is 16.4. The van der Waals surface area contributed by atoms with Crippen LogP contribution in [-0.4, -0.2) is 11.1 Å². The number of rotatable bonds is 21. The molecule has 1 aromatic rings. The second-order valence-electron chi connectivity index (χ2n) is 8.62. The standard InChI is InChI=1S/C26H45NO2/c28-26(29)22-18-15-13-11-9-7-5-3-1-2-4-6-8-10-12-14-16-19-23-27-24-20-17-21-25-27/h17,20-21,24-25H,1-16,18-19,22-23H2/p+1. The van der Waals surface area contributed by atoms with Gasteiger partial charge >= 0.3 is 5.97 Å². The molecule has 29 heavy (non-hydrogen) atoms. The van der Waals surface area contributed by atoms with Gasteiger partial charge in [-0.05, 0) is 12.8 Å². The maximum Gasteiger partial charge on any atom is 0.303 e. The average molecular weight is 405 g/mol. The molecule has 0 aliphatic carbocycles. The molecule has 0 radical (unpaired) electrons. The lowest BCUT2D eigenvalue weighted by Gasteiger charge is -2.04. The first-order valence-electron chi connectivity index (χ1n) is 12.4. The van der Waals surface area contributed by atoms with Gasteiger partial charge in [0.2, 0.25) is 0 Å². The third-order valence-corrected chi connectivity index (χ3v) is 5.83. The molecule has 0 saturated carbocycles. The Bertz CT molecular complexity index is 475. The van der Waals surface area contributed by atoms with Crippen LogP contribution in [0, 0.1) is 0 Å². The van der Waals surface area contributed by atoms with Gasteiger partial charge in [-0.15, -0.1) is 0 Å². The molecule has 0 saturated heterocycles. The Morgan fingerprint density at radius 2 is 0.862 bits per heavy atom. The monoisotopic (exact) mass is 404 g/mol. The van der Waals surface area contributed by atoms with Crippen LogP contribution >= 0.6 is 0 Å². The van der Waals surface area contributed by atoms with E-state index in [1.165, 1.54) is 103 Å². The van der Waals surface area contributed by atoms with Gasteiger partial charge in [-0.25, -0.2) is 4.57 Å². The summed E-state index contributed by atoms with van der Waals surface area (Å²) in [6, 6.07) is 6.29. The number of carboxylic acid groups (broad SMARTS) is 1. The zero-order valence-electron chi connectivity index (χ0n) is 18.8. The summed E-state index contributed by atoms with van der Waals surface area (Å²) in [7, 11) is 0. The molecule has 1 rings (SSSR count). The zero-order valence-corrected chi connectivity index (χ0v) is 18.8. The van der Waals surface area contributed by atoms with Crippen LogP contribution < -0.4 is 4.57 Å². The quantitative estimate of drug-likeness (QED) is 0.170. The Hall–Kier alpha value is -1.38.